The molecule has 0 aromatic carbocycles. The number of rotatable bonds is 3. The fourth-order valence-electron chi connectivity index (χ4n) is 6.42. The fourth-order valence-corrected chi connectivity index (χ4v) is 7.48. The highest BCUT2D eigenvalue weighted by Gasteiger charge is 2.51. The first kappa shape index (κ1) is 14.4. The Hall–Kier alpha value is -0.900. The summed E-state index contributed by atoms with van der Waals surface area (Å²) >= 11 is 1.71. The van der Waals surface area contributed by atoms with Gasteiger partial charge in [0.05, 0.1) is 5.69 Å². The van der Waals surface area contributed by atoms with E-state index in [0.717, 1.165) is 42.1 Å². The molecule has 124 valence electrons. The quantitative estimate of drug-likeness (QED) is 0.882. The standard InChI is InChI=1S/C19H26N2OS/c22-17(21-18-20-15-3-1-2-4-16(15)23-18)11-19-8-12-5-13(9-19)7-14(6-12)10-19/h12-14H,1-11H2,(H,20,21,22). The van der Waals surface area contributed by atoms with Crippen LogP contribution in [0, 0.1) is 23.2 Å². The van der Waals surface area contributed by atoms with E-state index in [1.54, 1.807) is 11.3 Å². The second-order valence-corrected chi connectivity index (χ2v) is 9.82. The summed E-state index contributed by atoms with van der Waals surface area (Å²) in [5, 5.41) is 4.00. The summed E-state index contributed by atoms with van der Waals surface area (Å²) in [7, 11) is 0. The van der Waals surface area contributed by atoms with Crippen LogP contribution >= 0.6 is 11.3 Å². The van der Waals surface area contributed by atoms with Gasteiger partial charge in [-0.05, 0) is 87.4 Å². The molecule has 4 heteroatoms. The summed E-state index contributed by atoms with van der Waals surface area (Å²) < 4.78 is 0. The maximum atomic E-state index is 12.7. The molecule has 5 aliphatic carbocycles. The van der Waals surface area contributed by atoms with Crippen LogP contribution in [0.15, 0.2) is 0 Å². The Balaban J connectivity index is 1.27. The minimum atomic E-state index is 0.220. The molecule has 1 amide bonds. The van der Waals surface area contributed by atoms with Gasteiger partial charge in [-0.15, -0.1) is 11.3 Å². The van der Waals surface area contributed by atoms with Gasteiger partial charge in [-0.3, -0.25) is 4.79 Å². The van der Waals surface area contributed by atoms with Crippen molar-refractivity contribution < 1.29 is 4.79 Å². The zero-order chi connectivity index (χ0) is 15.4. The highest BCUT2D eigenvalue weighted by atomic mass is 32.1. The normalized spacial score (nSPS) is 37.7. The lowest BCUT2D eigenvalue weighted by Gasteiger charge is -2.56. The molecular weight excluding hydrogens is 304 g/mol. The molecule has 0 unspecified atom stereocenters. The first-order valence-electron chi connectivity index (χ1n) is 9.46. The molecule has 5 aliphatic rings. The van der Waals surface area contributed by atoms with E-state index in [1.165, 1.54) is 61.9 Å². The predicted molar refractivity (Wildman–Crippen MR) is 92.6 cm³/mol. The molecule has 0 spiro atoms. The molecule has 3 nitrogen and oxygen atoms in total. The minimum Gasteiger partial charge on any atom is -0.302 e. The van der Waals surface area contributed by atoms with Gasteiger partial charge in [0.15, 0.2) is 5.13 Å². The van der Waals surface area contributed by atoms with Crippen LogP contribution in [0.1, 0.15) is 68.4 Å². The second kappa shape index (κ2) is 5.30. The lowest BCUT2D eigenvalue weighted by atomic mass is 9.49. The molecule has 1 aromatic heterocycles. The first-order chi connectivity index (χ1) is 11.2. The Bertz CT molecular complexity index is 577. The van der Waals surface area contributed by atoms with E-state index in [2.05, 4.69) is 10.3 Å². The van der Waals surface area contributed by atoms with Crippen molar-refractivity contribution >= 4 is 22.4 Å². The maximum absolute atomic E-state index is 12.7. The van der Waals surface area contributed by atoms with Gasteiger partial charge in [0.25, 0.3) is 0 Å². The van der Waals surface area contributed by atoms with Crippen molar-refractivity contribution in [2.75, 3.05) is 5.32 Å². The number of anilines is 1. The van der Waals surface area contributed by atoms with Gasteiger partial charge < -0.3 is 5.32 Å². The molecule has 1 heterocycles. The Morgan fingerprint density at radius 3 is 2.39 bits per heavy atom. The highest BCUT2D eigenvalue weighted by Crippen LogP contribution is 2.61. The number of aromatic nitrogens is 1. The molecular formula is C19H26N2OS. The Morgan fingerprint density at radius 1 is 1.09 bits per heavy atom. The average molecular weight is 330 g/mol. The maximum Gasteiger partial charge on any atom is 0.226 e. The Morgan fingerprint density at radius 2 is 1.74 bits per heavy atom. The molecule has 23 heavy (non-hydrogen) atoms. The smallest absolute Gasteiger partial charge is 0.226 e. The van der Waals surface area contributed by atoms with E-state index < -0.39 is 0 Å². The molecule has 4 fully saturated rings. The molecule has 1 N–H and O–H groups in total. The third kappa shape index (κ3) is 2.63. The first-order valence-corrected chi connectivity index (χ1v) is 10.3. The number of nitrogens with zero attached hydrogens (tertiary/aromatic N) is 1. The number of hydrogen-bond donors (Lipinski definition) is 1. The summed E-state index contributed by atoms with van der Waals surface area (Å²) in [6.07, 6.45) is 13.8. The van der Waals surface area contributed by atoms with Crippen molar-refractivity contribution in [2.24, 2.45) is 23.2 Å². The molecule has 6 rings (SSSR count). The number of nitrogens with one attached hydrogen (secondary N) is 1. The number of carbonyl (C=O) groups excluding carboxylic acids is 1. The summed E-state index contributed by atoms with van der Waals surface area (Å²) in [5.74, 6) is 2.97. The van der Waals surface area contributed by atoms with E-state index in [9.17, 15) is 4.79 Å². The zero-order valence-corrected chi connectivity index (χ0v) is 14.6. The monoisotopic (exact) mass is 330 g/mol. The van der Waals surface area contributed by atoms with Crippen molar-refractivity contribution in [2.45, 2.75) is 70.6 Å². The number of amides is 1. The van der Waals surface area contributed by atoms with Gasteiger partial charge in [0, 0.05) is 11.3 Å². The van der Waals surface area contributed by atoms with E-state index in [-0.39, 0.29) is 5.91 Å². The van der Waals surface area contributed by atoms with Crippen LogP contribution < -0.4 is 5.32 Å². The largest absolute Gasteiger partial charge is 0.302 e. The molecule has 0 saturated heterocycles. The number of aryl methyl sites for hydroxylation is 2. The van der Waals surface area contributed by atoms with Gasteiger partial charge >= 0.3 is 0 Å². The Labute approximate surface area is 142 Å². The van der Waals surface area contributed by atoms with E-state index in [1.807, 2.05) is 0 Å². The highest BCUT2D eigenvalue weighted by molar-refractivity contribution is 7.15. The fraction of sp³-hybridized carbons (Fsp3) is 0.789. The minimum absolute atomic E-state index is 0.220. The van der Waals surface area contributed by atoms with Gasteiger partial charge in [0.1, 0.15) is 0 Å². The van der Waals surface area contributed by atoms with Crippen molar-refractivity contribution in [3.05, 3.63) is 10.6 Å². The molecule has 0 aliphatic heterocycles. The SMILES string of the molecule is O=C(CC12CC3CC(CC(C3)C1)C2)Nc1nc2c(s1)CCCC2. The summed E-state index contributed by atoms with van der Waals surface area (Å²) in [6.45, 7) is 0. The second-order valence-electron chi connectivity index (χ2n) is 8.74. The summed E-state index contributed by atoms with van der Waals surface area (Å²) in [4.78, 5) is 18.7. The average Bonchev–Trinajstić information content (AvgIpc) is 2.86. The topological polar surface area (TPSA) is 42.0 Å². The van der Waals surface area contributed by atoms with E-state index in [0.29, 0.717) is 5.41 Å². The number of carbonyl (C=O) groups is 1. The molecule has 4 bridgehead atoms. The van der Waals surface area contributed by atoms with Crippen molar-refractivity contribution in [3.8, 4) is 0 Å². The van der Waals surface area contributed by atoms with Gasteiger partial charge in [-0.2, -0.15) is 0 Å². The number of fused-ring (bicyclic) bond motifs is 1. The summed E-state index contributed by atoms with van der Waals surface area (Å²) in [5.41, 5.74) is 1.57. The van der Waals surface area contributed by atoms with Crippen LogP contribution in [-0.4, -0.2) is 10.9 Å². The van der Waals surface area contributed by atoms with Crippen LogP contribution in [0.4, 0.5) is 5.13 Å². The van der Waals surface area contributed by atoms with Crippen LogP contribution in [0.25, 0.3) is 0 Å². The predicted octanol–water partition coefficient (Wildman–Crippen LogP) is 4.57. The van der Waals surface area contributed by atoms with Crippen LogP contribution in [0.3, 0.4) is 0 Å². The third-order valence-electron chi connectivity index (χ3n) is 6.79. The van der Waals surface area contributed by atoms with Gasteiger partial charge in [0.2, 0.25) is 5.91 Å². The van der Waals surface area contributed by atoms with Crippen LogP contribution in [0.5, 0.6) is 0 Å². The zero-order valence-electron chi connectivity index (χ0n) is 13.8. The van der Waals surface area contributed by atoms with E-state index in [4.69, 9.17) is 0 Å². The molecule has 0 radical (unpaired) electrons. The summed E-state index contributed by atoms with van der Waals surface area (Å²) in [6, 6.07) is 0. The Kier molecular flexibility index (Phi) is 3.33. The van der Waals surface area contributed by atoms with Crippen molar-refractivity contribution in [3.63, 3.8) is 0 Å². The third-order valence-corrected chi connectivity index (χ3v) is 7.87. The van der Waals surface area contributed by atoms with Crippen LogP contribution in [0.2, 0.25) is 0 Å². The molecule has 0 atom stereocenters. The number of hydrogen-bond acceptors (Lipinski definition) is 3. The lowest BCUT2D eigenvalue weighted by molar-refractivity contribution is -0.124. The van der Waals surface area contributed by atoms with E-state index >= 15 is 0 Å². The van der Waals surface area contributed by atoms with Crippen molar-refractivity contribution in [1.82, 2.24) is 4.98 Å². The van der Waals surface area contributed by atoms with Crippen LogP contribution in [-0.2, 0) is 17.6 Å². The van der Waals surface area contributed by atoms with Gasteiger partial charge in [-0.25, -0.2) is 4.98 Å². The van der Waals surface area contributed by atoms with Gasteiger partial charge in [-0.1, -0.05) is 0 Å². The lowest BCUT2D eigenvalue weighted by Crippen LogP contribution is -2.47. The molecule has 1 aromatic rings. The molecule has 4 saturated carbocycles. The van der Waals surface area contributed by atoms with Crippen molar-refractivity contribution in [1.29, 1.82) is 0 Å². The number of thiazole rings is 1.